The quantitative estimate of drug-likeness (QED) is 0.919. The fraction of sp³-hybridized carbons (Fsp3) is 0.455. The highest BCUT2D eigenvalue weighted by molar-refractivity contribution is 5.25. The normalized spacial score (nSPS) is 31.1. The smallest absolute Gasteiger partial charge is 0.0903 e. The first kappa shape index (κ1) is 15.9. The number of benzene rings is 2. The summed E-state index contributed by atoms with van der Waals surface area (Å²) >= 11 is 0. The lowest BCUT2D eigenvalue weighted by atomic mass is 9.90. The second-order valence-corrected chi connectivity index (χ2v) is 7.86. The Morgan fingerprint density at radius 3 is 2.08 bits per heavy atom. The first-order valence-electron chi connectivity index (χ1n) is 9.19. The predicted octanol–water partition coefficient (Wildman–Crippen LogP) is 4.02. The Hall–Kier alpha value is -1.64. The standard InChI is InChI=1S/C22H27NO/c1-17(18-8-4-2-5-9-18)14-23-15-19-12-22(24,13-20(19)16-23)21-10-6-3-7-11-21/h2-11,17,19-20,24H,12-16H2,1H3/t17?,19-,20+,22-. The molecule has 1 saturated carbocycles. The van der Waals surface area contributed by atoms with Crippen molar-refractivity contribution in [3.05, 3.63) is 71.8 Å². The molecule has 24 heavy (non-hydrogen) atoms. The van der Waals surface area contributed by atoms with Crippen LogP contribution in [0.25, 0.3) is 0 Å². The minimum absolute atomic E-state index is 0.568. The van der Waals surface area contributed by atoms with Crippen molar-refractivity contribution in [3.63, 3.8) is 0 Å². The Kier molecular flexibility index (Phi) is 4.19. The molecule has 1 aliphatic heterocycles. The summed E-state index contributed by atoms with van der Waals surface area (Å²) in [5, 5.41) is 11.1. The SMILES string of the molecule is CC(CN1C[C@@H]2C[C@@](O)(c3ccccc3)C[C@@H]2C1)c1ccccc1. The van der Waals surface area contributed by atoms with Crippen LogP contribution in [0.2, 0.25) is 0 Å². The van der Waals surface area contributed by atoms with Gasteiger partial charge in [0.05, 0.1) is 5.60 Å². The van der Waals surface area contributed by atoms with E-state index in [4.69, 9.17) is 0 Å². The third-order valence-electron chi connectivity index (χ3n) is 6.06. The molecule has 2 aromatic rings. The van der Waals surface area contributed by atoms with E-state index >= 15 is 0 Å². The first-order valence-corrected chi connectivity index (χ1v) is 9.19. The fourth-order valence-electron chi connectivity index (χ4n) is 4.86. The van der Waals surface area contributed by atoms with Gasteiger partial charge in [-0.25, -0.2) is 0 Å². The van der Waals surface area contributed by atoms with Gasteiger partial charge in [0.1, 0.15) is 0 Å². The lowest BCUT2D eigenvalue weighted by Gasteiger charge is -2.27. The number of hydrogen-bond donors (Lipinski definition) is 1. The summed E-state index contributed by atoms with van der Waals surface area (Å²) in [6, 6.07) is 21.1. The maximum absolute atomic E-state index is 11.1. The van der Waals surface area contributed by atoms with Gasteiger partial charge in [0, 0.05) is 19.6 Å². The molecule has 2 heteroatoms. The number of likely N-dealkylation sites (tertiary alicyclic amines) is 1. The number of fused-ring (bicyclic) bond motifs is 1. The predicted molar refractivity (Wildman–Crippen MR) is 97.8 cm³/mol. The van der Waals surface area contributed by atoms with Gasteiger partial charge >= 0.3 is 0 Å². The average molecular weight is 321 g/mol. The third-order valence-corrected chi connectivity index (χ3v) is 6.06. The minimum atomic E-state index is -0.603. The van der Waals surface area contributed by atoms with Gasteiger partial charge in [0.2, 0.25) is 0 Å². The zero-order valence-corrected chi connectivity index (χ0v) is 14.4. The van der Waals surface area contributed by atoms with Gasteiger partial charge in [-0.2, -0.15) is 0 Å². The van der Waals surface area contributed by atoms with Crippen LogP contribution in [0, 0.1) is 11.8 Å². The van der Waals surface area contributed by atoms with Crippen LogP contribution in [0.15, 0.2) is 60.7 Å². The highest BCUT2D eigenvalue weighted by atomic mass is 16.3. The number of aliphatic hydroxyl groups is 1. The van der Waals surface area contributed by atoms with Crippen LogP contribution >= 0.6 is 0 Å². The molecule has 0 aromatic heterocycles. The largest absolute Gasteiger partial charge is 0.385 e. The van der Waals surface area contributed by atoms with Gasteiger partial charge < -0.3 is 10.0 Å². The molecule has 2 nitrogen and oxygen atoms in total. The zero-order valence-electron chi connectivity index (χ0n) is 14.4. The summed E-state index contributed by atoms with van der Waals surface area (Å²) in [5.74, 6) is 1.84. The Balaban J connectivity index is 1.38. The van der Waals surface area contributed by atoms with E-state index in [1.54, 1.807) is 0 Å². The van der Waals surface area contributed by atoms with Crippen LogP contribution in [0.3, 0.4) is 0 Å². The molecule has 1 unspecified atom stereocenters. The van der Waals surface area contributed by atoms with Crippen LogP contribution in [0.4, 0.5) is 0 Å². The molecule has 0 radical (unpaired) electrons. The molecule has 4 rings (SSSR count). The molecule has 2 aliphatic rings. The Bertz CT molecular complexity index is 655. The molecule has 2 aromatic carbocycles. The van der Waals surface area contributed by atoms with Gasteiger partial charge in [-0.3, -0.25) is 0 Å². The van der Waals surface area contributed by atoms with Gasteiger partial charge in [0.25, 0.3) is 0 Å². The maximum atomic E-state index is 11.1. The second-order valence-electron chi connectivity index (χ2n) is 7.86. The molecule has 1 aliphatic carbocycles. The van der Waals surface area contributed by atoms with E-state index in [0.717, 1.165) is 38.0 Å². The van der Waals surface area contributed by atoms with Crippen LogP contribution < -0.4 is 0 Å². The summed E-state index contributed by atoms with van der Waals surface area (Å²) in [6.45, 7) is 5.72. The molecule has 0 bridgehead atoms. The highest BCUT2D eigenvalue weighted by Gasteiger charge is 2.48. The minimum Gasteiger partial charge on any atom is -0.385 e. The summed E-state index contributed by atoms with van der Waals surface area (Å²) in [5.41, 5.74) is 1.92. The van der Waals surface area contributed by atoms with E-state index in [1.165, 1.54) is 5.56 Å². The van der Waals surface area contributed by atoms with Gasteiger partial charge in [-0.05, 0) is 41.7 Å². The van der Waals surface area contributed by atoms with Crippen molar-refractivity contribution in [2.24, 2.45) is 11.8 Å². The maximum Gasteiger partial charge on any atom is 0.0903 e. The summed E-state index contributed by atoms with van der Waals surface area (Å²) < 4.78 is 0. The van der Waals surface area contributed by atoms with Crippen molar-refractivity contribution in [1.29, 1.82) is 0 Å². The molecule has 4 atom stereocenters. The molecule has 0 amide bonds. The summed E-state index contributed by atoms with van der Waals surface area (Å²) in [4.78, 5) is 2.61. The van der Waals surface area contributed by atoms with Crippen LogP contribution in [-0.4, -0.2) is 29.6 Å². The monoisotopic (exact) mass is 321 g/mol. The second kappa shape index (κ2) is 6.34. The van der Waals surface area contributed by atoms with Gasteiger partial charge in [-0.1, -0.05) is 67.6 Å². The zero-order chi connectivity index (χ0) is 16.6. The average Bonchev–Trinajstić information content (AvgIpc) is 3.11. The van der Waals surface area contributed by atoms with E-state index < -0.39 is 5.60 Å². The van der Waals surface area contributed by atoms with Crippen molar-refractivity contribution >= 4 is 0 Å². The summed E-state index contributed by atoms with van der Waals surface area (Å²) in [7, 11) is 0. The van der Waals surface area contributed by atoms with Crippen molar-refractivity contribution in [3.8, 4) is 0 Å². The van der Waals surface area contributed by atoms with Crippen LogP contribution in [0.1, 0.15) is 36.8 Å². The number of hydrogen-bond acceptors (Lipinski definition) is 2. The molecule has 0 spiro atoms. The molecule has 1 heterocycles. The van der Waals surface area contributed by atoms with Gasteiger partial charge in [-0.15, -0.1) is 0 Å². The Labute approximate surface area is 145 Å². The van der Waals surface area contributed by atoms with E-state index in [1.807, 2.05) is 18.2 Å². The van der Waals surface area contributed by atoms with E-state index in [9.17, 15) is 5.11 Å². The number of nitrogens with zero attached hydrogens (tertiary/aromatic N) is 1. The van der Waals surface area contributed by atoms with Gasteiger partial charge in [0.15, 0.2) is 0 Å². The van der Waals surface area contributed by atoms with Crippen LogP contribution in [-0.2, 0) is 5.60 Å². The molecule has 126 valence electrons. The first-order chi connectivity index (χ1) is 11.6. The lowest BCUT2D eigenvalue weighted by molar-refractivity contribution is 0.0312. The van der Waals surface area contributed by atoms with Crippen LogP contribution in [0.5, 0.6) is 0 Å². The van der Waals surface area contributed by atoms with Crippen molar-refractivity contribution in [1.82, 2.24) is 4.90 Å². The molecular formula is C22H27NO. The van der Waals surface area contributed by atoms with E-state index in [0.29, 0.717) is 17.8 Å². The van der Waals surface area contributed by atoms with Crippen molar-refractivity contribution in [2.45, 2.75) is 31.3 Å². The third kappa shape index (κ3) is 3.01. The van der Waals surface area contributed by atoms with E-state index in [2.05, 4.69) is 54.3 Å². The fourth-order valence-corrected chi connectivity index (χ4v) is 4.86. The Morgan fingerprint density at radius 1 is 0.958 bits per heavy atom. The topological polar surface area (TPSA) is 23.5 Å². The van der Waals surface area contributed by atoms with E-state index in [-0.39, 0.29) is 0 Å². The Morgan fingerprint density at radius 2 is 1.50 bits per heavy atom. The summed E-state index contributed by atoms with van der Waals surface area (Å²) in [6.07, 6.45) is 1.83. The molecule has 1 N–H and O–H groups in total. The number of rotatable bonds is 4. The lowest BCUT2D eigenvalue weighted by Crippen LogP contribution is -2.30. The molecule has 1 saturated heterocycles. The highest BCUT2D eigenvalue weighted by Crippen LogP contribution is 2.49. The molecule has 2 fully saturated rings. The van der Waals surface area contributed by atoms with Crippen molar-refractivity contribution < 1.29 is 5.11 Å². The van der Waals surface area contributed by atoms with Crippen molar-refractivity contribution in [2.75, 3.05) is 19.6 Å². The molecular weight excluding hydrogens is 294 g/mol.